The number of nitrogens with zero attached hydrogens (tertiary/aromatic N) is 1. The Hall–Kier alpha value is -1.53. The van der Waals surface area contributed by atoms with Gasteiger partial charge in [0.05, 0.1) is 0 Å². The maximum Gasteiger partial charge on any atom is 0.710 e. The van der Waals surface area contributed by atoms with Crippen molar-refractivity contribution in [2.75, 3.05) is 11.9 Å². The van der Waals surface area contributed by atoms with Gasteiger partial charge in [-0.1, -0.05) is 0 Å². The lowest BCUT2D eigenvalue weighted by molar-refractivity contribution is -0.118. The van der Waals surface area contributed by atoms with Crippen LogP contribution in [0.1, 0.15) is 32.8 Å². The van der Waals surface area contributed by atoms with E-state index in [2.05, 4.69) is 0 Å². The predicted octanol–water partition coefficient (Wildman–Crippen LogP) is 1.77. The minimum atomic E-state index is -1.31. The minimum Gasteiger partial charge on any atom is -0.512 e. The highest BCUT2D eigenvalue weighted by atomic mass is 16.7. The highest BCUT2D eigenvalue weighted by Gasteiger charge is 2.27. The minimum absolute atomic E-state index is 0.113. The third kappa shape index (κ3) is 3.52. The van der Waals surface area contributed by atoms with Crippen LogP contribution in [0.3, 0.4) is 0 Å². The van der Waals surface area contributed by atoms with Crippen molar-refractivity contribution in [1.29, 1.82) is 0 Å². The third-order valence-electron chi connectivity index (χ3n) is 3.09. The molecule has 6 heteroatoms. The van der Waals surface area contributed by atoms with E-state index in [1.54, 1.807) is 18.0 Å². The van der Waals surface area contributed by atoms with Crippen molar-refractivity contribution >= 4 is 18.9 Å². The zero-order chi connectivity index (χ0) is 14.9. The van der Waals surface area contributed by atoms with Crippen molar-refractivity contribution in [1.82, 2.24) is 0 Å². The molecule has 5 nitrogen and oxygen atoms in total. The Labute approximate surface area is 119 Å². The number of anilines is 1. The van der Waals surface area contributed by atoms with Gasteiger partial charge in [-0.3, -0.25) is 4.79 Å². The van der Waals surface area contributed by atoms with E-state index in [9.17, 15) is 9.82 Å². The van der Waals surface area contributed by atoms with Gasteiger partial charge in [0.1, 0.15) is 5.75 Å². The number of aryl methyl sites for hydroxylation is 1. The Balaban J connectivity index is 2.10. The van der Waals surface area contributed by atoms with Crippen molar-refractivity contribution in [2.24, 2.45) is 0 Å². The quantitative estimate of drug-likeness (QED) is 0.855. The summed E-state index contributed by atoms with van der Waals surface area (Å²) in [6.45, 7) is 5.52. The molecule has 0 atom stereocenters. The summed E-state index contributed by atoms with van der Waals surface area (Å²) in [5, 5.41) is 9.73. The maximum atomic E-state index is 11.6. The lowest BCUT2D eigenvalue weighted by Gasteiger charge is -2.26. The Kier molecular flexibility index (Phi) is 4.06. The van der Waals surface area contributed by atoms with Crippen LogP contribution in [0.5, 0.6) is 5.75 Å². The van der Waals surface area contributed by atoms with Gasteiger partial charge in [0.25, 0.3) is 0 Å². The second-order valence-electron chi connectivity index (χ2n) is 5.90. The molecule has 20 heavy (non-hydrogen) atoms. The molecule has 0 unspecified atom stereocenters. The average molecular weight is 277 g/mol. The number of rotatable bonds is 3. The molecule has 1 heterocycles. The summed E-state index contributed by atoms with van der Waals surface area (Å²) in [6.07, 6.45) is 1.18. The Morgan fingerprint density at radius 2 is 2.00 bits per heavy atom. The molecule has 0 radical (unpaired) electrons. The number of hydrogen-bond acceptors (Lipinski definition) is 4. The first-order valence-corrected chi connectivity index (χ1v) is 6.68. The van der Waals surface area contributed by atoms with Crippen LogP contribution in [0.15, 0.2) is 18.2 Å². The summed E-state index contributed by atoms with van der Waals surface area (Å²) in [7, 11) is 0.453. The van der Waals surface area contributed by atoms with Gasteiger partial charge in [0, 0.05) is 24.8 Å². The van der Waals surface area contributed by atoms with E-state index in [4.69, 9.17) is 9.31 Å². The number of hydrogen-bond donors (Lipinski definition) is 1. The summed E-state index contributed by atoms with van der Waals surface area (Å²) in [5.41, 5.74) is 1.44. The SMILES string of the molecule is CN1C(=O)CCc2cc(OB(O)OC(C)(C)C)ccc21. The first-order chi connectivity index (χ1) is 9.26. The molecule has 1 aromatic rings. The molecule has 1 aliphatic heterocycles. The van der Waals surface area contributed by atoms with Crippen LogP contribution in [0.4, 0.5) is 5.69 Å². The van der Waals surface area contributed by atoms with Gasteiger partial charge in [-0.15, -0.1) is 0 Å². The zero-order valence-electron chi connectivity index (χ0n) is 12.3. The zero-order valence-corrected chi connectivity index (χ0v) is 12.3. The van der Waals surface area contributed by atoms with Crippen molar-refractivity contribution in [2.45, 2.75) is 39.2 Å². The molecule has 0 saturated carbocycles. The second kappa shape index (κ2) is 5.46. The first kappa shape index (κ1) is 14.9. The largest absolute Gasteiger partial charge is 0.710 e. The van der Waals surface area contributed by atoms with Gasteiger partial charge in [-0.2, -0.15) is 0 Å². The molecule has 1 N–H and O–H groups in total. The number of benzene rings is 1. The van der Waals surface area contributed by atoms with Crippen LogP contribution in [0.2, 0.25) is 0 Å². The van der Waals surface area contributed by atoms with Gasteiger partial charge in [0.2, 0.25) is 5.91 Å². The third-order valence-corrected chi connectivity index (χ3v) is 3.09. The van der Waals surface area contributed by atoms with E-state index in [-0.39, 0.29) is 5.91 Å². The fourth-order valence-corrected chi connectivity index (χ4v) is 2.15. The van der Waals surface area contributed by atoms with Crippen molar-refractivity contribution in [3.05, 3.63) is 23.8 Å². The normalized spacial score (nSPS) is 15.1. The topological polar surface area (TPSA) is 59.0 Å². The Bertz CT molecular complexity index is 512. The van der Waals surface area contributed by atoms with Crippen LogP contribution in [-0.2, 0) is 15.9 Å². The molecular weight excluding hydrogens is 257 g/mol. The molecule has 0 saturated heterocycles. The fourth-order valence-electron chi connectivity index (χ4n) is 2.15. The van der Waals surface area contributed by atoms with Crippen molar-refractivity contribution < 1.29 is 19.1 Å². The second-order valence-corrected chi connectivity index (χ2v) is 5.90. The number of fused-ring (bicyclic) bond motifs is 1. The number of carbonyl (C=O) groups excluding carboxylic acids is 1. The summed E-state index contributed by atoms with van der Waals surface area (Å²) < 4.78 is 10.6. The summed E-state index contributed by atoms with van der Waals surface area (Å²) in [6, 6.07) is 5.39. The van der Waals surface area contributed by atoms with E-state index in [0.717, 1.165) is 11.3 Å². The average Bonchev–Trinajstić information content (AvgIpc) is 2.31. The molecule has 0 spiro atoms. The molecule has 0 aromatic heterocycles. The van der Waals surface area contributed by atoms with E-state index in [1.165, 1.54) is 0 Å². The maximum absolute atomic E-state index is 11.6. The molecule has 0 fully saturated rings. The monoisotopic (exact) mass is 277 g/mol. The molecule has 1 aromatic carbocycles. The molecule has 0 bridgehead atoms. The van der Waals surface area contributed by atoms with Crippen LogP contribution < -0.4 is 9.55 Å². The van der Waals surface area contributed by atoms with E-state index >= 15 is 0 Å². The van der Waals surface area contributed by atoms with Gasteiger partial charge in [-0.25, -0.2) is 0 Å². The lowest BCUT2D eigenvalue weighted by atomic mass is 10.0. The fraction of sp³-hybridized carbons (Fsp3) is 0.500. The standard InChI is InChI=1S/C14H20BNO4/c1-14(2,3)20-15(18)19-11-6-7-12-10(9-11)5-8-13(17)16(12)4/h6-7,9,18H,5,8H2,1-4H3. The van der Waals surface area contributed by atoms with E-state index < -0.39 is 12.9 Å². The highest BCUT2D eigenvalue weighted by Crippen LogP contribution is 2.30. The first-order valence-electron chi connectivity index (χ1n) is 6.68. The van der Waals surface area contributed by atoms with Gasteiger partial charge >= 0.3 is 7.32 Å². The number of amides is 1. The smallest absolute Gasteiger partial charge is 0.512 e. The molecule has 1 amide bonds. The van der Waals surface area contributed by atoms with Crippen LogP contribution >= 0.6 is 0 Å². The Morgan fingerprint density at radius 3 is 2.65 bits per heavy atom. The van der Waals surface area contributed by atoms with Crippen molar-refractivity contribution in [3.63, 3.8) is 0 Å². The molecule has 0 aliphatic carbocycles. The van der Waals surface area contributed by atoms with Gasteiger partial charge < -0.3 is 19.2 Å². The van der Waals surface area contributed by atoms with Crippen LogP contribution in [-0.4, -0.2) is 30.9 Å². The molecular formula is C14H20BNO4. The molecule has 2 rings (SSSR count). The van der Waals surface area contributed by atoms with Crippen molar-refractivity contribution in [3.8, 4) is 5.75 Å². The molecule has 1 aliphatic rings. The van der Waals surface area contributed by atoms with E-state index in [0.29, 0.717) is 18.6 Å². The molecule has 108 valence electrons. The lowest BCUT2D eigenvalue weighted by Crippen LogP contribution is -2.35. The summed E-state index contributed by atoms with van der Waals surface area (Å²) >= 11 is 0. The Morgan fingerprint density at radius 1 is 1.30 bits per heavy atom. The van der Waals surface area contributed by atoms with E-state index in [1.807, 2.05) is 32.9 Å². The highest BCUT2D eigenvalue weighted by molar-refractivity contribution is 6.35. The van der Waals surface area contributed by atoms with Gasteiger partial charge in [0.15, 0.2) is 0 Å². The summed E-state index contributed by atoms with van der Waals surface area (Å²) in [5.74, 6) is 0.644. The summed E-state index contributed by atoms with van der Waals surface area (Å²) in [4.78, 5) is 13.3. The number of carbonyl (C=O) groups is 1. The van der Waals surface area contributed by atoms with Crippen LogP contribution in [0.25, 0.3) is 0 Å². The predicted molar refractivity (Wildman–Crippen MR) is 77.6 cm³/mol. The van der Waals surface area contributed by atoms with Gasteiger partial charge in [-0.05, 0) is 51.0 Å². The van der Waals surface area contributed by atoms with Crippen LogP contribution in [0, 0.1) is 0 Å².